The van der Waals surface area contributed by atoms with Crippen LogP contribution in [0.15, 0.2) is 24.3 Å². The minimum absolute atomic E-state index is 0.297. The van der Waals surface area contributed by atoms with Crippen molar-refractivity contribution in [3.8, 4) is 0 Å². The summed E-state index contributed by atoms with van der Waals surface area (Å²) >= 11 is 0. The van der Waals surface area contributed by atoms with Crippen molar-refractivity contribution in [1.82, 2.24) is 5.32 Å². The summed E-state index contributed by atoms with van der Waals surface area (Å²) in [5, 5.41) is 3.39. The maximum Gasteiger partial charge on any atom is 0.0665 e. The molecule has 1 fully saturated rings. The average Bonchev–Trinajstić information content (AvgIpc) is 2.50. The molecule has 1 aliphatic carbocycles. The van der Waals surface area contributed by atoms with Crippen molar-refractivity contribution >= 4 is 0 Å². The molecule has 1 aromatic carbocycles. The van der Waals surface area contributed by atoms with Crippen molar-refractivity contribution in [3.05, 3.63) is 35.4 Å². The van der Waals surface area contributed by atoms with Gasteiger partial charge in [-0.2, -0.15) is 0 Å². The number of rotatable bonds is 6. The smallest absolute Gasteiger partial charge is 0.0665 e. The third kappa shape index (κ3) is 4.82. The first-order chi connectivity index (χ1) is 10.1. The summed E-state index contributed by atoms with van der Waals surface area (Å²) in [6.07, 6.45) is 5.55. The molecule has 118 valence electrons. The van der Waals surface area contributed by atoms with Gasteiger partial charge < -0.3 is 10.1 Å². The molecule has 1 aromatic rings. The third-order valence-corrected chi connectivity index (χ3v) is 4.82. The zero-order chi connectivity index (χ0) is 15.2. The Balaban J connectivity index is 1.87. The van der Waals surface area contributed by atoms with E-state index in [4.69, 9.17) is 4.74 Å². The third-order valence-electron chi connectivity index (χ3n) is 4.82. The second-order valence-corrected chi connectivity index (χ2v) is 6.88. The topological polar surface area (TPSA) is 21.3 Å². The summed E-state index contributed by atoms with van der Waals surface area (Å²) < 4.78 is 6.15. The summed E-state index contributed by atoms with van der Waals surface area (Å²) in [7, 11) is 2.02. The van der Waals surface area contributed by atoms with Crippen LogP contribution in [0.25, 0.3) is 0 Å². The molecule has 0 spiro atoms. The molecular formula is C19H31NO. The van der Waals surface area contributed by atoms with Gasteiger partial charge in [0.1, 0.15) is 0 Å². The Morgan fingerprint density at radius 3 is 2.14 bits per heavy atom. The Labute approximate surface area is 130 Å². The largest absolute Gasteiger partial charge is 0.376 e. The van der Waals surface area contributed by atoms with Crippen molar-refractivity contribution in [3.63, 3.8) is 0 Å². The molecule has 1 unspecified atom stereocenters. The Bertz CT molecular complexity index is 404. The molecule has 0 aliphatic heterocycles. The molecule has 0 saturated heterocycles. The first-order valence-corrected chi connectivity index (χ1v) is 8.49. The second kappa shape index (κ2) is 7.95. The van der Waals surface area contributed by atoms with Crippen LogP contribution < -0.4 is 5.32 Å². The molecule has 2 nitrogen and oxygen atoms in total. The van der Waals surface area contributed by atoms with E-state index in [-0.39, 0.29) is 0 Å². The maximum absolute atomic E-state index is 6.15. The van der Waals surface area contributed by atoms with Crippen LogP contribution in [0.2, 0.25) is 0 Å². The van der Waals surface area contributed by atoms with E-state index >= 15 is 0 Å². The first-order valence-electron chi connectivity index (χ1n) is 8.49. The summed E-state index contributed by atoms with van der Waals surface area (Å²) in [6, 6.07) is 9.26. The number of ether oxygens (including phenoxy) is 1. The lowest BCUT2D eigenvalue weighted by atomic mass is 9.89. The van der Waals surface area contributed by atoms with E-state index in [9.17, 15) is 0 Å². The molecular weight excluding hydrogens is 258 g/mol. The summed E-state index contributed by atoms with van der Waals surface area (Å²) in [5.74, 6) is 1.47. The van der Waals surface area contributed by atoms with Gasteiger partial charge in [0.05, 0.1) is 18.8 Å². The quantitative estimate of drug-likeness (QED) is 0.822. The van der Waals surface area contributed by atoms with Gasteiger partial charge in [0.25, 0.3) is 0 Å². The fraction of sp³-hybridized carbons (Fsp3) is 0.684. The van der Waals surface area contributed by atoms with Crippen LogP contribution in [0, 0.1) is 5.92 Å². The van der Waals surface area contributed by atoms with Crippen LogP contribution >= 0.6 is 0 Å². The number of hydrogen-bond donors (Lipinski definition) is 1. The highest BCUT2D eigenvalue weighted by Crippen LogP contribution is 2.26. The molecule has 0 amide bonds. The van der Waals surface area contributed by atoms with Gasteiger partial charge in [-0.1, -0.05) is 45.0 Å². The van der Waals surface area contributed by atoms with E-state index in [0.717, 1.165) is 12.5 Å². The summed E-state index contributed by atoms with van der Waals surface area (Å²) in [5.41, 5.74) is 2.72. The van der Waals surface area contributed by atoms with Crippen LogP contribution in [0.3, 0.4) is 0 Å². The Hall–Kier alpha value is -0.860. The predicted octanol–water partition coefficient (Wildman–Crippen LogP) is 4.67. The lowest BCUT2D eigenvalue weighted by Gasteiger charge is -2.28. The standard InChI is InChI=1S/C19H31NO/c1-14(2)16-7-9-17(10-8-16)19(20-4)13-21-18-11-5-15(3)6-12-18/h7-10,14-15,18-20H,5-6,11-13H2,1-4H3. The normalized spacial score (nSPS) is 24.2. The predicted molar refractivity (Wildman–Crippen MR) is 89.7 cm³/mol. The highest BCUT2D eigenvalue weighted by molar-refractivity contribution is 5.26. The van der Waals surface area contributed by atoms with Crippen molar-refractivity contribution in [1.29, 1.82) is 0 Å². The molecule has 0 radical (unpaired) electrons. The van der Waals surface area contributed by atoms with Crippen molar-refractivity contribution < 1.29 is 4.74 Å². The lowest BCUT2D eigenvalue weighted by Crippen LogP contribution is -2.27. The monoisotopic (exact) mass is 289 g/mol. The number of benzene rings is 1. The molecule has 0 aromatic heterocycles. The molecule has 0 heterocycles. The molecule has 2 rings (SSSR count). The molecule has 2 heteroatoms. The molecule has 1 saturated carbocycles. The van der Waals surface area contributed by atoms with Crippen molar-refractivity contribution in [2.45, 2.75) is 64.5 Å². The second-order valence-electron chi connectivity index (χ2n) is 6.88. The minimum Gasteiger partial charge on any atom is -0.376 e. The fourth-order valence-corrected chi connectivity index (χ4v) is 3.09. The average molecular weight is 289 g/mol. The molecule has 1 aliphatic rings. The molecule has 0 bridgehead atoms. The molecule has 1 atom stereocenters. The van der Waals surface area contributed by atoms with Gasteiger partial charge in [-0.25, -0.2) is 0 Å². The van der Waals surface area contributed by atoms with E-state index in [1.54, 1.807) is 0 Å². The van der Waals surface area contributed by atoms with Gasteiger partial charge in [0.2, 0.25) is 0 Å². The lowest BCUT2D eigenvalue weighted by molar-refractivity contribution is 0.00881. The minimum atomic E-state index is 0.297. The van der Waals surface area contributed by atoms with Gasteiger partial charge in [-0.15, -0.1) is 0 Å². The van der Waals surface area contributed by atoms with E-state index in [1.807, 2.05) is 7.05 Å². The van der Waals surface area contributed by atoms with E-state index < -0.39 is 0 Å². The molecule has 1 N–H and O–H groups in total. The van der Waals surface area contributed by atoms with Gasteiger partial charge >= 0.3 is 0 Å². The SMILES string of the molecule is CNC(COC1CCC(C)CC1)c1ccc(C(C)C)cc1. The highest BCUT2D eigenvalue weighted by Gasteiger charge is 2.20. The van der Waals surface area contributed by atoms with Gasteiger partial charge in [0, 0.05) is 0 Å². The van der Waals surface area contributed by atoms with Gasteiger partial charge in [-0.05, 0) is 55.7 Å². The van der Waals surface area contributed by atoms with E-state index in [0.29, 0.717) is 18.1 Å². The van der Waals surface area contributed by atoms with Crippen LogP contribution in [0.1, 0.15) is 69.5 Å². The fourth-order valence-electron chi connectivity index (χ4n) is 3.09. The van der Waals surface area contributed by atoms with Crippen LogP contribution in [-0.4, -0.2) is 19.8 Å². The maximum atomic E-state index is 6.15. The molecule has 21 heavy (non-hydrogen) atoms. The zero-order valence-electron chi connectivity index (χ0n) is 14.1. The zero-order valence-corrected chi connectivity index (χ0v) is 14.1. The van der Waals surface area contributed by atoms with Crippen LogP contribution in [-0.2, 0) is 4.74 Å². The van der Waals surface area contributed by atoms with Gasteiger partial charge in [0.15, 0.2) is 0 Å². The number of hydrogen-bond acceptors (Lipinski definition) is 2. The Morgan fingerprint density at radius 1 is 1.05 bits per heavy atom. The van der Waals surface area contributed by atoms with Gasteiger partial charge in [-0.3, -0.25) is 0 Å². The summed E-state index contributed by atoms with van der Waals surface area (Å²) in [6.45, 7) is 7.59. The van der Waals surface area contributed by atoms with E-state index in [2.05, 4.69) is 50.4 Å². The number of nitrogens with one attached hydrogen (secondary N) is 1. The van der Waals surface area contributed by atoms with Crippen molar-refractivity contribution in [2.75, 3.05) is 13.7 Å². The van der Waals surface area contributed by atoms with Crippen LogP contribution in [0.5, 0.6) is 0 Å². The highest BCUT2D eigenvalue weighted by atomic mass is 16.5. The summed E-state index contributed by atoms with van der Waals surface area (Å²) in [4.78, 5) is 0. The Morgan fingerprint density at radius 2 is 1.62 bits per heavy atom. The Kier molecular flexibility index (Phi) is 6.25. The number of likely N-dealkylation sites (N-methyl/N-ethyl adjacent to an activating group) is 1. The van der Waals surface area contributed by atoms with E-state index in [1.165, 1.54) is 36.8 Å². The first kappa shape index (κ1) is 16.5. The van der Waals surface area contributed by atoms with Crippen molar-refractivity contribution in [2.24, 2.45) is 5.92 Å². The van der Waals surface area contributed by atoms with Crippen LogP contribution in [0.4, 0.5) is 0 Å².